The summed E-state index contributed by atoms with van der Waals surface area (Å²) in [7, 11) is 0. The van der Waals surface area contributed by atoms with Crippen molar-refractivity contribution in [2.24, 2.45) is 0 Å². The molecule has 1 heterocycles. The molecule has 1 aromatic heterocycles. The van der Waals surface area contributed by atoms with Crippen molar-refractivity contribution < 1.29 is 0 Å². The second-order valence-corrected chi connectivity index (χ2v) is 2.93. The average Bonchev–Trinajstić information content (AvgIpc) is 2.05. The summed E-state index contributed by atoms with van der Waals surface area (Å²) in [5.41, 5.74) is 1.61. The number of rotatable bonds is 1. The Labute approximate surface area is 70.3 Å². The van der Waals surface area contributed by atoms with Crippen LogP contribution >= 0.6 is 11.8 Å². The van der Waals surface area contributed by atoms with Crippen LogP contribution in [0.25, 0.3) is 0 Å². The predicted octanol–water partition coefficient (Wildman–Crippen LogP) is 1.98. The number of nitriles is 1. The Hall–Kier alpha value is -1.01. The first-order valence-electron chi connectivity index (χ1n) is 3.19. The van der Waals surface area contributed by atoms with Gasteiger partial charge in [-0.1, -0.05) is 6.07 Å². The van der Waals surface area contributed by atoms with Crippen molar-refractivity contribution in [3.8, 4) is 6.07 Å². The van der Waals surface area contributed by atoms with E-state index < -0.39 is 0 Å². The van der Waals surface area contributed by atoms with Crippen molar-refractivity contribution in [2.75, 3.05) is 6.26 Å². The number of aromatic nitrogens is 1. The lowest BCUT2D eigenvalue weighted by molar-refractivity contribution is 1.06. The molecular weight excluding hydrogens is 156 g/mol. The highest BCUT2D eigenvalue weighted by Gasteiger charge is 1.98. The Bertz CT molecular complexity index is 301. The third-order valence-corrected chi connectivity index (χ3v) is 2.16. The minimum atomic E-state index is 0.486. The van der Waals surface area contributed by atoms with Gasteiger partial charge >= 0.3 is 0 Å². The van der Waals surface area contributed by atoms with Crippen LogP contribution in [0.15, 0.2) is 17.2 Å². The van der Waals surface area contributed by atoms with Crippen LogP contribution in [0.2, 0.25) is 0 Å². The van der Waals surface area contributed by atoms with Crippen LogP contribution in [0.5, 0.6) is 0 Å². The lowest BCUT2D eigenvalue weighted by Gasteiger charge is -1.99. The number of pyridine rings is 1. The van der Waals surface area contributed by atoms with E-state index in [9.17, 15) is 0 Å². The Morgan fingerprint density at radius 2 is 2.27 bits per heavy atom. The van der Waals surface area contributed by atoms with Crippen molar-refractivity contribution in [2.45, 2.75) is 11.9 Å². The number of hydrogen-bond donors (Lipinski definition) is 0. The molecule has 0 saturated carbocycles. The quantitative estimate of drug-likeness (QED) is 0.595. The normalized spacial score (nSPS) is 9.18. The molecule has 0 aromatic carbocycles. The van der Waals surface area contributed by atoms with Gasteiger partial charge < -0.3 is 0 Å². The molecule has 0 aliphatic rings. The number of thioether (sulfide) groups is 1. The molecule has 2 nitrogen and oxygen atoms in total. The molecule has 1 rings (SSSR count). The minimum absolute atomic E-state index is 0.486. The van der Waals surface area contributed by atoms with E-state index >= 15 is 0 Å². The lowest BCUT2D eigenvalue weighted by Crippen LogP contribution is -1.87. The van der Waals surface area contributed by atoms with Crippen LogP contribution in [0, 0.1) is 18.3 Å². The molecule has 0 aliphatic carbocycles. The second kappa shape index (κ2) is 3.40. The van der Waals surface area contributed by atoms with Crippen molar-refractivity contribution in [3.63, 3.8) is 0 Å². The van der Waals surface area contributed by atoms with Gasteiger partial charge in [0.2, 0.25) is 0 Å². The maximum absolute atomic E-state index is 8.53. The van der Waals surface area contributed by atoms with Gasteiger partial charge in [0, 0.05) is 0 Å². The van der Waals surface area contributed by atoms with E-state index in [1.54, 1.807) is 17.8 Å². The number of aryl methyl sites for hydroxylation is 1. The molecule has 0 aliphatic heterocycles. The van der Waals surface area contributed by atoms with E-state index in [0.29, 0.717) is 5.69 Å². The van der Waals surface area contributed by atoms with Crippen LogP contribution in [-0.4, -0.2) is 11.2 Å². The average molecular weight is 164 g/mol. The van der Waals surface area contributed by atoms with E-state index in [-0.39, 0.29) is 0 Å². The van der Waals surface area contributed by atoms with E-state index in [0.717, 1.165) is 10.6 Å². The van der Waals surface area contributed by atoms with Crippen LogP contribution in [0.4, 0.5) is 0 Å². The van der Waals surface area contributed by atoms with Crippen LogP contribution in [-0.2, 0) is 0 Å². The first kappa shape index (κ1) is 8.09. The smallest absolute Gasteiger partial charge is 0.141 e. The Kier molecular flexibility index (Phi) is 2.50. The molecule has 0 atom stereocenters. The highest BCUT2D eigenvalue weighted by atomic mass is 32.2. The van der Waals surface area contributed by atoms with Gasteiger partial charge in [-0.05, 0) is 24.8 Å². The van der Waals surface area contributed by atoms with Gasteiger partial charge in [-0.2, -0.15) is 5.26 Å². The molecule has 3 heteroatoms. The van der Waals surface area contributed by atoms with Gasteiger partial charge in [-0.25, -0.2) is 4.98 Å². The first-order valence-corrected chi connectivity index (χ1v) is 4.42. The SMILES string of the molecule is CSc1nc(C#N)ccc1C. The van der Waals surface area contributed by atoms with E-state index in [1.807, 2.05) is 25.3 Å². The van der Waals surface area contributed by atoms with Gasteiger partial charge in [0.25, 0.3) is 0 Å². The maximum Gasteiger partial charge on any atom is 0.141 e. The van der Waals surface area contributed by atoms with Crippen LogP contribution < -0.4 is 0 Å². The Morgan fingerprint density at radius 3 is 2.82 bits per heavy atom. The maximum atomic E-state index is 8.53. The van der Waals surface area contributed by atoms with E-state index in [2.05, 4.69) is 4.98 Å². The standard InChI is InChI=1S/C8H8N2S/c1-6-3-4-7(5-9)10-8(6)11-2/h3-4H,1-2H3. The minimum Gasteiger partial charge on any atom is -0.231 e. The van der Waals surface area contributed by atoms with Gasteiger partial charge in [-0.3, -0.25) is 0 Å². The highest BCUT2D eigenvalue weighted by Crippen LogP contribution is 2.16. The summed E-state index contributed by atoms with van der Waals surface area (Å²) < 4.78 is 0. The molecule has 0 unspecified atom stereocenters. The molecule has 0 N–H and O–H groups in total. The summed E-state index contributed by atoms with van der Waals surface area (Å²) >= 11 is 1.56. The fourth-order valence-electron chi connectivity index (χ4n) is 0.779. The molecule has 1 aromatic rings. The fourth-order valence-corrected chi connectivity index (χ4v) is 1.36. The van der Waals surface area contributed by atoms with Crippen molar-refractivity contribution in [3.05, 3.63) is 23.4 Å². The largest absolute Gasteiger partial charge is 0.231 e. The summed E-state index contributed by atoms with van der Waals surface area (Å²) in [6, 6.07) is 5.65. The summed E-state index contributed by atoms with van der Waals surface area (Å²) in [4.78, 5) is 4.11. The van der Waals surface area contributed by atoms with Crippen molar-refractivity contribution in [1.29, 1.82) is 5.26 Å². The zero-order valence-electron chi connectivity index (χ0n) is 6.46. The number of nitrogens with zero attached hydrogens (tertiary/aromatic N) is 2. The van der Waals surface area contributed by atoms with E-state index in [4.69, 9.17) is 5.26 Å². The van der Waals surface area contributed by atoms with Gasteiger partial charge in [-0.15, -0.1) is 11.8 Å². The molecule has 11 heavy (non-hydrogen) atoms. The monoisotopic (exact) mass is 164 g/mol. The van der Waals surface area contributed by atoms with Gasteiger partial charge in [0.1, 0.15) is 16.8 Å². The first-order chi connectivity index (χ1) is 5.27. The van der Waals surface area contributed by atoms with Gasteiger partial charge in [0.05, 0.1) is 0 Å². The Balaban J connectivity index is 3.15. The second-order valence-electron chi connectivity index (χ2n) is 2.13. The summed E-state index contributed by atoms with van der Waals surface area (Å²) in [5, 5.41) is 9.46. The summed E-state index contributed by atoms with van der Waals surface area (Å²) in [5.74, 6) is 0. The fraction of sp³-hybridized carbons (Fsp3) is 0.250. The van der Waals surface area contributed by atoms with Crippen molar-refractivity contribution >= 4 is 11.8 Å². The molecule has 0 radical (unpaired) electrons. The van der Waals surface area contributed by atoms with Crippen LogP contribution in [0.3, 0.4) is 0 Å². The third kappa shape index (κ3) is 1.72. The predicted molar refractivity (Wildman–Crippen MR) is 45.5 cm³/mol. The zero-order chi connectivity index (χ0) is 8.27. The lowest BCUT2D eigenvalue weighted by atomic mass is 10.3. The molecule has 0 fully saturated rings. The van der Waals surface area contributed by atoms with E-state index in [1.165, 1.54) is 0 Å². The molecule has 0 saturated heterocycles. The van der Waals surface area contributed by atoms with Gasteiger partial charge in [0.15, 0.2) is 0 Å². The molecule has 0 spiro atoms. The molecule has 0 amide bonds. The third-order valence-electron chi connectivity index (χ3n) is 1.36. The molecular formula is C8H8N2S. The van der Waals surface area contributed by atoms with Crippen LogP contribution in [0.1, 0.15) is 11.3 Å². The molecule has 0 bridgehead atoms. The summed E-state index contributed by atoms with van der Waals surface area (Å²) in [6.07, 6.45) is 1.95. The number of hydrogen-bond acceptors (Lipinski definition) is 3. The topological polar surface area (TPSA) is 36.7 Å². The molecule has 56 valence electrons. The zero-order valence-corrected chi connectivity index (χ0v) is 7.27. The summed E-state index contributed by atoms with van der Waals surface area (Å²) in [6.45, 7) is 1.99. The Morgan fingerprint density at radius 1 is 1.55 bits per heavy atom. The highest BCUT2D eigenvalue weighted by molar-refractivity contribution is 7.98. The van der Waals surface area contributed by atoms with Crippen molar-refractivity contribution in [1.82, 2.24) is 4.98 Å².